The average Bonchev–Trinajstić information content (AvgIpc) is 1.55. The second-order valence-corrected chi connectivity index (χ2v) is 45.3. The summed E-state index contributed by atoms with van der Waals surface area (Å²) in [6, 6.07) is 38.9. The van der Waals surface area contributed by atoms with E-state index in [2.05, 4.69) is 57.2 Å². The van der Waals surface area contributed by atoms with Crippen LogP contribution in [-0.2, 0) is 37.8 Å². The molecule has 6 amide bonds. The number of nitriles is 2. The molecule has 10 aromatic rings. The van der Waals surface area contributed by atoms with Gasteiger partial charge in [-0.1, -0.05) is 101 Å². The van der Waals surface area contributed by atoms with Gasteiger partial charge < -0.3 is 88.2 Å². The van der Waals surface area contributed by atoms with Crippen molar-refractivity contribution in [2.45, 2.75) is 218 Å². The largest absolute Gasteiger partial charge is 0.497 e. The molecule has 6 aliphatic rings. The number of carbonyl (C=O) groups is 6. The summed E-state index contributed by atoms with van der Waals surface area (Å²) < 4.78 is 92.8. The average molecular weight is 2020 g/mol. The Morgan fingerprint density at radius 2 is 0.857 bits per heavy atom. The molecule has 0 bridgehead atoms. The van der Waals surface area contributed by atoms with E-state index in [1.165, 1.54) is 68.9 Å². The molecule has 6 aromatic carbocycles. The van der Waals surface area contributed by atoms with Crippen LogP contribution in [0, 0.1) is 45.3 Å². The molecule has 38 heteroatoms. The van der Waals surface area contributed by atoms with Crippen LogP contribution in [-0.4, -0.2) is 164 Å². The van der Waals surface area contributed by atoms with Crippen molar-refractivity contribution in [3.8, 4) is 80.9 Å². The lowest BCUT2D eigenvalue weighted by molar-refractivity contribution is -0.142. The van der Waals surface area contributed by atoms with Gasteiger partial charge in [-0.2, -0.15) is 10.5 Å². The molecule has 4 aliphatic carbocycles. The molecular formula is C102H114Cl2N14O18P2S2. The van der Waals surface area contributed by atoms with Gasteiger partial charge in [-0.05, 0) is 200 Å². The Balaban J connectivity index is 0.000000212. The number of likely N-dealkylation sites (tertiary alicyclic amines) is 2. The number of benzene rings is 6. The molecule has 4 saturated carbocycles. The first kappa shape index (κ1) is 102. The summed E-state index contributed by atoms with van der Waals surface area (Å²) in [4.78, 5) is 110. The summed E-state index contributed by atoms with van der Waals surface area (Å²) in [5.41, 5.74) is 2.17. The van der Waals surface area contributed by atoms with Gasteiger partial charge in [-0.15, -0.1) is 35.8 Å². The van der Waals surface area contributed by atoms with E-state index in [0.717, 1.165) is 61.6 Å². The first-order valence-electron chi connectivity index (χ1n) is 46.5. The smallest absolute Gasteiger partial charge is 0.456 e. The van der Waals surface area contributed by atoms with Gasteiger partial charge in [0.05, 0.1) is 73.0 Å². The lowest BCUT2D eigenvalue weighted by Gasteiger charge is -2.36. The van der Waals surface area contributed by atoms with E-state index >= 15 is 28.3 Å². The number of aromatic nitrogens is 4. The fraction of sp³-hybridized carbons (Fsp3) is 0.412. The third kappa shape index (κ3) is 23.5. The van der Waals surface area contributed by atoms with Gasteiger partial charge in [-0.25, -0.2) is 38.7 Å². The number of ether oxygens (including phenoxy) is 6. The van der Waals surface area contributed by atoms with E-state index in [1.807, 2.05) is 92.1 Å². The fourth-order valence-electron chi connectivity index (χ4n) is 17.8. The molecule has 4 aromatic heterocycles. The SMILES string of the molecule is C=C[C@@H]1C[C@]1(NC(=O)[C@@H]1C[C@@H](Oc2cc(-c3csc(NC(C)C)n3)nc3cc(OC)ccc23)CN1C(=O)[C@@H](NC(=O)OC1CCCC1)C(C)(C)C)P(=O)(Oc1cccc(C#N)c1)Oc1cccc(C#N)c1.C=C[C@@H]1C[C@]1(NC(=O)[C@@H]1C[C@@H](Oc2cc(-c3csc(NC(C)C)n3)nc3cc(OC)ccc23)CN1C(=O)[C@@H](NC(=O)OC1CCCC1)C(C)(C)C)P(=O)(Oc1cccc(Cl)c1)Oc1cccc(Cl)c1. The van der Waals surface area contributed by atoms with Crippen LogP contribution < -0.4 is 68.9 Å². The van der Waals surface area contributed by atoms with Crippen molar-refractivity contribution in [3.63, 3.8) is 0 Å². The van der Waals surface area contributed by atoms with E-state index in [4.69, 9.17) is 89.7 Å². The molecule has 0 radical (unpaired) electrons. The van der Waals surface area contributed by atoms with Crippen molar-refractivity contribution >= 4 is 129 Å². The molecule has 140 heavy (non-hydrogen) atoms. The molecule has 736 valence electrons. The van der Waals surface area contributed by atoms with Crippen LogP contribution in [0.2, 0.25) is 10.0 Å². The lowest BCUT2D eigenvalue weighted by Crippen LogP contribution is -2.58. The van der Waals surface area contributed by atoms with Gasteiger partial charge >= 0.3 is 27.4 Å². The first-order chi connectivity index (χ1) is 66.8. The summed E-state index contributed by atoms with van der Waals surface area (Å²) >= 11 is 15.6. The van der Waals surface area contributed by atoms with Crippen LogP contribution in [0.25, 0.3) is 44.6 Å². The highest BCUT2D eigenvalue weighted by atomic mass is 35.5. The van der Waals surface area contributed by atoms with Crippen molar-refractivity contribution in [2.24, 2.45) is 22.7 Å². The third-order valence-corrected chi connectivity index (χ3v) is 32.1. The number of hydrogen-bond donors (Lipinski definition) is 6. The van der Waals surface area contributed by atoms with Crippen molar-refractivity contribution in [2.75, 3.05) is 37.9 Å². The van der Waals surface area contributed by atoms with Gasteiger partial charge in [-0.3, -0.25) is 19.2 Å². The number of nitrogens with zero attached hydrogens (tertiary/aromatic N) is 8. The van der Waals surface area contributed by atoms with E-state index in [9.17, 15) is 20.1 Å². The van der Waals surface area contributed by atoms with E-state index < -0.39 is 121 Å². The molecule has 10 atom stereocenters. The fourth-order valence-corrected chi connectivity index (χ4v) is 24.5. The first-order valence-corrected chi connectivity index (χ1v) is 52.1. The number of carbonyl (C=O) groups excluding carboxylic acids is 6. The molecule has 2 aliphatic heterocycles. The number of methoxy groups -OCH3 is 2. The predicted octanol–water partition coefficient (Wildman–Crippen LogP) is 21.0. The number of hydrogen-bond acceptors (Lipinski definition) is 28. The molecule has 0 unspecified atom stereocenters. The number of thiazole rings is 2. The predicted molar refractivity (Wildman–Crippen MR) is 537 cm³/mol. The van der Waals surface area contributed by atoms with Crippen LogP contribution in [0.15, 0.2) is 182 Å². The lowest BCUT2D eigenvalue weighted by atomic mass is 9.85. The number of pyridine rings is 2. The Kier molecular flexibility index (Phi) is 31.1. The summed E-state index contributed by atoms with van der Waals surface area (Å²) in [6.45, 7) is 26.8. The quantitative estimate of drug-likeness (QED) is 0.0161. The minimum Gasteiger partial charge on any atom is -0.497 e. The normalized spacial score (nSPS) is 20.6. The summed E-state index contributed by atoms with van der Waals surface area (Å²) in [6.07, 6.45) is 6.43. The van der Waals surface area contributed by atoms with Crippen LogP contribution in [0.5, 0.6) is 46.0 Å². The van der Waals surface area contributed by atoms with Gasteiger partial charge in [0.15, 0.2) is 20.8 Å². The maximum atomic E-state index is 15.7. The maximum Gasteiger partial charge on any atom is 0.456 e. The topological polar surface area (TPSA) is 407 Å². The highest BCUT2D eigenvalue weighted by Crippen LogP contribution is 2.73. The van der Waals surface area contributed by atoms with Crippen LogP contribution in [0.1, 0.15) is 157 Å². The molecule has 6 heterocycles. The van der Waals surface area contributed by atoms with Gasteiger partial charge in [0.25, 0.3) is 0 Å². The molecule has 2 saturated heterocycles. The van der Waals surface area contributed by atoms with Gasteiger partial charge in [0, 0.05) is 92.6 Å². The molecule has 0 spiro atoms. The van der Waals surface area contributed by atoms with Gasteiger partial charge in [0.2, 0.25) is 23.6 Å². The zero-order valence-corrected chi connectivity index (χ0v) is 84.7. The highest BCUT2D eigenvalue weighted by molar-refractivity contribution is 7.57. The number of nitrogens with one attached hydrogen (secondary N) is 6. The van der Waals surface area contributed by atoms with Crippen molar-refractivity contribution < 1.29 is 84.4 Å². The van der Waals surface area contributed by atoms with E-state index in [-0.39, 0.29) is 97.2 Å². The molecule has 16 rings (SSSR count). The Morgan fingerprint density at radius 3 is 1.19 bits per heavy atom. The van der Waals surface area contributed by atoms with E-state index in [0.29, 0.717) is 77.6 Å². The molecular weight excluding hydrogens is 1910 g/mol. The van der Waals surface area contributed by atoms with Crippen molar-refractivity contribution in [1.82, 2.24) is 51.0 Å². The summed E-state index contributed by atoms with van der Waals surface area (Å²) in [5, 5.41) is 41.7. The van der Waals surface area contributed by atoms with Crippen LogP contribution in [0.3, 0.4) is 0 Å². The number of amides is 6. The molecule has 6 N–H and O–H groups in total. The number of fused-ring (bicyclic) bond motifs is 2. The number of rotatable bonds is 34. The standard InChI is InChI=1S/C52H57N8O9PS.C50H57Cl2N6O9PS/c1-8-34-26-52(34,70(64,68-37-17-11-13-32(21-37)27-53)69-38-18-12-14-33(22-38)28-54)59-47(61)44-24-39(29-60(44)48(62)46(51(4,5)6)58-50(63)67-35-15-9-10-16-35)66-45-25-42(43-30-71-49(57-43)55-31(2)3)56-41-23-36(65-7)19-20-40(41)45;1-8-30-26-50(30,68(62,66-35-17-11-13-31(51)21-35)67-36-18-12-14-32(52)22-36)57-45(59)42-24-37(27-58(42)46(60)44(49(4,5)6)56-48(61)65-33-15-9-10-16-33)64-43-25-40(41-28-69-47(55-41)53-29(2)3)54-39-23-34(63-7)19-20-38(39)43/h8,11-14,17-23,25,30-31,34-35,39,44,46H,1,9-10,15-16,24,26,29H2,2-7H3,(H,55,57)(H,58,63)(H,59,61);8,11-14,17-23,25,28-30,33,37,42,44H,1,9-10,15-16,24,26-27H2,2-7H3,(H,53,55)(H,56,61)(H,57,59)/t34-,39-,44+,46-,52+;30-,37-,42+,44-,50+/m11/s1. The van der Waals surface area contributed by atoms with Gasteiger partial charge in [0.1, 0.15) is 106 Å². The maximum absolute atomic E-state index is 15.7. The van der Waals surface area contributed by atoms with Crippen molar-refractivity contribution in [1.29, 1.82) is 10.5 Å². The Hall–Kier alpha value is -12.7. The minimum absolute atomic E-state index is 0.00113. The third-order valence-electron chi connectivity index (χ3n) is 25.1. The number of halogens is 2. The second kappa shape index (κ2) is 42.8. The van der Waals surface area contributed by atoms with Crippen molar-refractivity contribution in [3.05, 3.63) is 203 Å². The van der Waals surface area contributed by atoms with Crippen LogP contribution in [0.4, 0.5) is 19.9 Å². The second-order valence-electron chi connectivity index (χ2n) is 38.4. The highest BCUT2D eigenvalue weighted by Gasteiger charge is 2.73. The zero-order chi connectivity index (χ0) is 99.9. The van der Waals surface area contributed by atoms with E-state index in [1.54, 1.807) is 123 Å². The Labute approximate surface area is 831 Å². The Morgan fingerprint density at radius 1 is 0.493 bits per heavy atom. The monoisotopic (exact) mass is 2020 g/mol. The summed E-state index contributed by atoms with van der Waals surface area (Å²) in [7, 11) is -5.95. The molecule has 6 fully saturated rings. The zero-order valence-electron chi connectivity index (χ0n) is 79.8. The number of anilines is 2. The van der Waals surface area contributed by atoms with Crippen LogP contribution >= 0.6 is 61.1 Å². The minimum atomic E-state index is -4.61. The molecule has 32 nitrogen and oxygen atoms in total. The summed E-state index contributed by atoms with van der Waals surface area (Å²) in [5.74, 6) is -1.32. The number of alkyl carbamates (subject to hydrolysis) is 2. The Bertz CT molecular complexity index is 6410.